The molecule has 0 aliphatic rings. The lowest BCUT2D eigenvalue weighted by molar-refractivity contribution is 0.0603. The molecule has 1 aromatic heterocycles. The van der Waals surface area contributed by atoms with Crippen LogP contribution < -0.4 is 10.1 Å². The monoisotopic (exact) mass is 443 g/mol. The van der Waals surface area contributed by atoms with Gasteiger partial charge in [-0.15, -0.1) is 11.3 Å². The highest BCUT2D eigenvalue weighted by Crippen LogP contribution is 2.39. The minimum absolute atomic E-state index is 0.279. The van der Waals surface area contributed by atoms with Crippen LogP contribution in [-0.2, 0) is 4.74 Å². The summed E-state index contributed by atoms with van der Waals surface area (Å²) < 4.78 is 10.6. The summed E-state index contributed by atoms with van der Waals surface area (Å²) in [5.74, 6) is 0.241. The number of nitrogens with one attached hydrogen (secondary N) is 1. The summed E-state index contributed by atoms with van der Waals surface area (Å²) in [4.78, 5) is 25.2. The average molecular weight is 444 g/mol. The van der Waals surface area contributed by atoms with Crippen molar-refractivity contribution in [2.75, 3.05) is 19.0 Å². The number of rotatable bonds is 7. The summed E-state index contributed by atoms with van der Waals surface area (Å²) in [6, 6.07) is 14.1. The molecule has 0 aliphatic heterocycles. The fourth-order valence-corrected chi connectivity index (χ4v) is 3.95. The topological polar surface area (TPSA) is 64.6 Å². The zero-order valence-corrected chi connectivity index (χ0v) is 18.5. The standard InChI is InChI=1S/C23H22ClNO4S/c1-14(2)12-29-16-10-8-15(9-11-16)21(26)25-22-20(23(27)28-3)18(13-30-22)17-6-4-5-7-19(17)24/h4-11,13-14H,12H2,1-3H3,(H,25,26). The van der Waals surface area contributed by atoms with Crippen molar-refractivity contribution in [2.45, 2.75) is 13.8 Å². The summed E-state index contributed by atoms with van der Waals surface area (Å²) in [7, 11) is 1.30. The Hall–Kier alpha value is -2.83. The number of hydrogen-bond acceptors (Lipinski definition) is 5. The molecule has 0 spiro atoms. The summed E-state index contributed by atoms with van der Waals surface area (Å²) in [6.07, 6.45) is 0. The van der Waals surface area contributed by atoms with E-state index in [1.54, 1.807) is 35.7 Å². The number of methoxy groups -OCH3 is 1. The number of anilines is 1. The molecule has 0 fully saturated rings. The van der Waals surface area contributed by atoms with Gasteiger partial charge in [0.2, 0.25) is 0 Å². The Bertz CT molecular complexity index is 1040. The van der Waals surface area contributed by atoms with E-state index in [4.69, 9.17) is 21.1 Å². The predicted octanol–water partition coefficient (Wildman–Crippen LogP) is 6.14. The summed E-state index contributed by atoms with van der Waals surface area (Å²) in [5, 5.41) is 5.51. The van der Waals surface area contributed by atoms with Crippen LogP contribution in [0.4, 0.5) is 5.00 Å². The highest BCUT2D eigenvalue weighted by molar-refractivity contribution is 7.15. The van der Waals surface area contributed by atoms with Gasteiger partial charge < -0.3 is 14.8 Å². The lowest BCUT2D eigenvalue weighted by Crippen LogP contribution is -2.14. The van der Waals surface area contributed by atoms with Gasteiger partial charge in [0.25, 0.3) is 5.91 Å². The number of amides is 1. The Kier molecular flexibility index (Phi) is 7.13. The molecule has 5 nitrogen and oxygen atoms in total. The van der Waals surface area contributed by atoms with Crippen LogP contribution in [0.1, 0.15) is 34.6 Å². The molecule has 0 atom stereocenters. The van der Waals surface area contributed by atoms with Crippen LogP contribution in [0.25, 0.3) is 11.1 Å². The van der Waals surface area contributed by atoms with E-state index in [0.717, 1.165) is 0 Å². The van der Waals surface area contributed by atoms with Gasteiger partial charge in [0, 0.05) is 27.1 Å². The Labute approximate surface area is 184 Å². The Morgan fingerprint density at radius 2 is 1.77 bits per heavy atom. The fraction of sp³-hybridized carbons (Fsp3) is 0.217. The second-order valence-corrected chi connectivity index (χ2v) is 8.30. The average Bonchev–Trinajstić information content (AvgIpc) is 3.15. The van der Waals surface area contributed by atoms with Gasteiger partial charge in [0.05, 0.1) is 13.7 Å². The van der Waals surface area contributed by atoms with Crippen LogP contribution in [0.3, 0.4) is 0 Å². The molecule has 3 aromatic rings. The molecule has 3 rings (SSSR count). The maximum Gasteiger partial charge on any atom is 0.341 e. The van der Waals surface area contributed by atoms with Gasteiger partial charge in [-0.3, -0.25) is 4.79 Å². The van der Waals surface area contributed by atoms with Crippen LogP contribution in [-0.4, -0.2) is 25.6 Å². The van der Waals surface area contributed by atoms with Gasteiger partial charge in [-0.1, -0.05) is 43.6 Å². The van der Waals surface area contributed by atoms with E-state index in [9.17, 15) is 9.59 Å². The predicted molar refractivity (Wildman–Crippen MR) is 121 cm³/mol. The van der Waals surface area contributed by atoms with Crippen molar-refractivity contribution in [3.8, 4) is 16.9 Å². The van der Waals surface area contributed by atoms with Crippen molar-refractivity contribution in [3.63, 3.8) is 0 Å². The quantitative estimate of drug-likeness (QED) is 0.445. The molecule has 2 aromatic carbocycles. The normalized spacial score (nSPS) is 10.7. The second kappa shape index (κ2) is 9.78. The number of hydrogen-bond donors (Lipinski definition) is 1. The van der Waals surface area contributed by atoms with Crippen molar-refractivity contribution in [3.05, 3.63) is 70.1 Å². The van der Waals surface area contributed by atoms with Crippen LogP contribution >= 0.6 is 22.9 Å². The number of thiophene rings is 1. The first kappa shape index (κ1) is 21.9. The van der Waals surface area contributed by atoms with Crippen LogP contribution in [0.2, 0.25) is 5.02 Å². The van der Waals surface area contributed by atoms with Crippen molar-refractivity contribution in [1.29, 1.82) is 0 Å². The number of halogens is 1. The van der Waals surface area contributed by atoms with E-state index in [2.05, 4.69) is 19.2 Å². The van der Waals surface area contributed by atoms with Gasteiger partial charge in [-0.2, -0.15) is 0 Å². The molecule has 0 radical (unpaired) electrons. The van der Waals surface area contributed by atoms with Crippen molar-refractivity contribution in [2.24, 2.45) is 5.92 Å². The van der Waals surface area contributed by atoms with Crippen LogP contribution in [0.5, 0.6) is 5.75 Å². The molecule has 1 heterocycles. The van der Waals surface area contributed by atoms with Crippen molar-refractivity contribution < 1.29 is 19.1 Å². The zero-order valence-electron chi connectivity index (χ0n) is 16.9. The third-order valence-corrected chi connectivity index (χ3v) is 5.50. The first-order valence-corrected chi connectivity index (χ1v) is 10.7. The van der Waals surface area contributed by atoms with Crippen LogP contribution in [0.15, 0.2) is 53.9 Å². The van der Waals surface area contributed by atoms with Gasteiger partial charge >= 0.3 is 5.97 Å². The smallest absolute Gasteiger partial charge is 0.341 e. The molecule has 0 unspecified atom stereocenters. The van der Waals surface area contributed by atoms with E-state index in [1.807, 2.05) is 18.2 Å². The molecule has 1 N–H and O–H groups in total. The summed E-state index contributed by atoms with van der Waals surface area (Å²) >= 11 is 7.55. The Morgan fingerprint density at radius 3 is 2.40 bits per heavy atom. The molecule has 7 heteroatoms. The SMILES string of the molecule is COC(=O)c1c(-c2ccccc2Cl)csc1NC(=O)c1ccc(OCC(C)C)cc1. The van der Waals surface area contributed by atoms with Crippen molar-refractivity contribution >= 4 is 39.8 Å². The minimum Gasteiger partial charge on any atom is -0.493 e. The third-order valence-electron chi connectivity index (χ3n) is 4.27. The summed E-state index contributed by atoms with van der Waals surface area (Å²) in [5.41, 5.74) is 2.05. The van der Waals surface area contributed by atoms with E-state index < -0.39 is 5.97 Å². The number of ether oxygens (including phenoxy) is 2. The van der Waals surface area contributed by atoms with E-state index in [0.29, 0.717) is 45.0 Å². The van der Waals surface area contributed by atoms with Gasteiger partial charge in [-0.25, -0.2) is 4.79 Å². The van der Waals surface area contributed by atoms with Crippen LogP contribution in [0, 0.1) is 5.92 Å². The largest absolute Gasteiger partial charge is 0.493 e. The molecule has 30 heavy (non-hydrogen) atoms. The molecule has 0 bridgehead atoms. The Balaban J connectivity index is 1.85. The molecule has 0 saturated carbocycles. The fourth-order valence-electron chi connectivity index (χ4n) is 2.77. The maximum absolute atomic E-state index is 12.7. The lowest BCUT2D eigenvalue weighted by atomic mass is 10.0. The minimum atomic E-state index is -0.543. The van der Waals surface area contributed by atoms with Crippen molar-refractivity contribution in [1.82, 2.24) is 0 Å². The third kappa shape index (κ3) is 5.01. The highest BCUT2D eigenvalue weighted by atomic mass is 35.5. The first-order chi connectivity index (χ1) is 14.4. The zero-order chi connectivity index (χ0) is 21.7. The molecular weight excluding hydrogens is 422 g/mol. The van der Waals surface area contributed by atoms with Gasteiger partial charge in [-0.05, 0) is 36.2 Å². The molecule has 0 saturated heterocycles. The van der Waals surface area contributed by atoms with E-state index in [1.165, 1.54) is 18.4 Å². The lowest BCUT2D eigenvalue weighted by Gasteiger charge is -2.10. The first-order valence-electron chi connectivity index (χ1n) is 9.39. The number of carbonyl (C=O) groups excluding carboxylic acids is 2. The molecule has 156 valence electrons. The highest BCUT2D eigenvalue weighted by Gasteiger charge is 2.23. The van der Waals surface area contributed by atoms with Gasteiger partial charge in [0.15, 0.2) is 0 Å². The number of carbonyl (C=O) groups is 2. The van der Waals surface area contributed by atoms with E-state index in [-0.39, 0.29) is 11.5 Å². The molecule has 1 amide bonds. The maximum atomic E-state index is 12.7. The second-order valence-electron chi connectivity index (χ2n) is 7.01. The van der Waals surface area contributed by atoms with E-state index >= 15 is 0 Å². The number of esters is 1. The molecule has 0 aliphatic carbocycles. The number of benzene rings is 2. The Morgan fingerprint density at radius 1 is 1.07 bits per heavy atom. The van der Waals surface area contributed by atoms with Gasteiger partial charge in [0.1, 0.15) is 16.3 Å². The summed E-state index contributed by atoms with van der Waals surface area (Å²) in [6.45, 7) is 4.74. The molecular formula is C23H22ClNO4S.